The van der Waals surface area contributed by atoms with Gasteiger partial charge in [-0.3, -0.25) is 9.59 Å². The van der Waals surface area contributed by atoms with Gasteiger partial charge in [-0.15, -0.1) is 16.8 Å². The maximum Gasteiger partial charge on any atom is 0.253 e. The second kappa shape index (κ2) is 11.5. The highest BCUT2D eigenvalue weighted by Crippen LogP contribution is 2.23. The Kier molecular flexibility index (Phi) is 8.71. The number of carbonyl (C=O) groups excluding carboxylic acids is 2. The van der Waals surface area contributed by atoms with E-state index in [9.17, 15) is 9.59 Å². The Morgan fingerprint density at radius 3 is 2.73 bits per heavy atom. The molecule has 3 rings (SSSR count). The molecule has 2 aromatic carbocycles. The molecule has 2 amide bonds. The highest BCUT2D eigenvalue weighted by molar-refractivity contribution is 9.10. The van der Waals surface area contributed by atoms with Crippen molar-refractivity contribution in [3.63, 3.8) is 0 Å². The molecule has 0 radical (unpaired) electrons. The molecule has 0 aliphatic heterocycles. The number of amides is 2. The van der Waals surface area contributed by atoms with Crippen LogP contribution in [0.3, 0.4) is 0 Å². The van der Waals surface area contributed by atoms with E-state index >= 15 is 0 Å². The predicted octanol–water partition coefficient (Wildman–Crippen LogP) is 5.41. The van der Waals surface area contributed by atoms with Crippen LogP contribution in [0.25, 0.3) is 0 Å². The molecule has 0 unspecified atom stereocenters. The number of nitrogens with zero attached hydrogens (tertiary/aromatic N) is 3. The van der Waals surface area contributed by atoms with Crippen LogP contribution in [-0.4, -0.2) is 32.3 Å². The molecule has 10 heteroatoms. The third-order valence-corrected chi connectivity index (χ3v) is 6.87. The summed E-state index contributed by atoms with van der Waals surface area (Å²) in [6.45, 7) is 8.00. The van der Waals surface area contributed by atoms with Crippen LogP contribution in [0, 0.1) is 6.92 Å². The second-order valence-electron chi connectivity index (χ2n) is 7.22. The van der Waals surface area contributed by atoms with Gasteiger partial charge in [0.15, 0.2) is 11.0 Å². The summed E-state index contributed by atoms with van der Waals surface area (Å²) in [5, 5.41) is 15.2. The monoisotopic (exact) mass is 547 g/mol. The van der Waals surface area contributed by atoms with Crippen LogP contribution in [0.2, 0.25) is 5.02 Å². The molecule has 1 atom stereocenters. The Labute approximate surface area is 210 Å². The van der Waals surface area contributed by atoms with Crippen molar-refractivity contribution in [3.05, 3.63) is 81.6 Å². The molecule has 0 bridgehead atoms. The topological polar surface area (TPSA) is 88.9 Å². The van der Waals surface area contributed by atoms with Crippen LogP contribution >= 0.6 is 39.3 Å². The molecular weight excluding hydrogens is 526 g/mol. The Balaban J connectivity index is 1.67. The molecule has 3 aromatic rings. The predicted molar refractivity (Wildman–Crippen MR) is 136 cm³/mol. The third kappa shape index (κ3) is 6.46. The minimum absolute atomic E-state index is 0.156. The number of aryl methyl sites for hydroxylation is 1. The van der Waals surface area contributed by atoms with E-state index in [1.807, 2.05) is 36.6 Å². The number of aromatic nitrogens is 3. The van der Waals surface area contributed by atoms with E-state index in [0.717, 1.165) is 15.7 Å². The molecule has 0 spiro atoms. The number of benzene rings is 2. The molecule has 1 aromatic heterocycles. The fraction of sp³-hybridized carbons (Fsp3) is 0.217. The van der Waals surface area contributed by atoms with Gasteiger partial charge >= 0.3 is 0 Å². The van der Waals surface area contributed by atoms with Crippen LogP contribution in [0.4, 0.5) is 5.69 Å². The van der Waals surface area contributed by atoms with E-state index in [1.165, 1.54) is 11.8 Å². The summed E-state index contributed by atoms with van der Waals surface area (Å²) in [5.41, 5.74) is 2.14. The van der Waals surface area contributed by atoms with Gasteiger partial charge in [0.1, 0.15) is 0 Å². The van der Waals surface area contributed by atoms with Gasteiger partial charge in [0.25, 0.3) is 5.91 Å². The van der Waals surface area contributed by atoms with Gasteiger partial charge in [0.2, 0.25) is 5.91 Å². The SMILES string of the molecule is C=CCn1c(SCC(=O)Nc2ccc(Br)c(C)c2)nnc1[C@@H](C)NC(=O)c1ccccc1Cl. The first-order valence-corrected chi connectivity index (χ1v) is 12.2. The summed E-state index contributed by atoms with van der Waals surface area (Å²) in [5.74, 6) is 0.253. The summed E-state index contributed by atoms with van der Waals surface area (Å²) in [6, 6.07) is 12.0. The number of nitrogens with one attached hydrogen (secondary N) is 2. The van der Waals surface area contributed by atoms with E-state index in [0.29, 0.717) is 28.1 Å². The lowest BCUT2D eigenvalue weighted by molar-refractivity contribution is -0.113. The van der Waals surface area contributed by atoms with Crippen LogP contribution < -0.4 is 10.6 Å². The van der Waals surface area contributed by atoms with Gasteiger partial charge in [-0.2, -0.15) is 0 Å². The smallest absolute Gasteiger partial charge is 0.253 e. The fourth-order valence-electron chi connectivity index (χ4n) is 3.06. The molecule has 0 aliphatic rings. The summed E-state index contributed by atoms with van der Waals surface area (Å²) >= 11 is 10.8. The van der Waals surface area contributed by atoms with Gasteiger partial charge in [0.05, 0.1) is 22.4 Å². The van der Waals surface area contributed by atoms with Gasteiger partial charge < -0.3 is 15.2 Å². The minimum Gasteiger partial charge on any atom is -0.342 e. The molecule has 2 N–H and O–H groups in total. The van der Waals surface area contributed by atoms with Gasteiger partial charge in [0, 0.05) is 16.7 Å². The van der Waals surface area contributed by atoms with E-state index < -0.39 is 6.04 Å². The molecule has 33 heavy (non-hydrogen) atoms. The molecule has 7 nitrogen and oxygen atoms in total. The van der Waals surface area contributed by atoms with E-state index in [1.54, 1.807) is 30.3 Å². The molecule has 0 fully saturated rings. The van der Waals surface area contributed by atoms with Gasteiger partial charge in [-0.1, -0.05) is 57.5 Å². The number of hydrogen-bond donors (Lipinski definition) is 2. The third-order valence-electron chi connectivity index (χ3n) is 4.68. The largest absolute Gasteiger partial charge is 0.342 e. The number of anilines is 1. The van der Waals surface area contributed by atoms with Crippen molar-refractivity contribution in [2.45, 2.75) is 31.6 Å². The number of hydrogen-bond acceptors (Lipinski definition) is 5. The van der Waals surface area contributed by atoms with Crippen LogP contribution in [-0.2, 0) is 11.3 Å². The van der Waals surface area contributed by atoms with Crippen molar-refractivity contribution >= 4 is 56.8 Å². The van der Waals surface area contributed by atoms with Gasteiger partial charge in [-0.05, 0) is 49.7 Å². The summed E-state index contributed by atoms with van der Waals surface area (Å²) in [6.07, 6.45) is 1.71. The van der Waals surface area contributed by atoms with Crippen LogP contribution in [0.1, 0.15) is 34.7 Å². The highest BCUT2D eigenvalue weighted by Gasteiger charge is 2.21. The summed E-state index contributed by atoms with van der Waals surface area (Å²) in [4.78, 5) is 25.1. The lowest BCUT2D eigenvalue weighted by atomic mass is 10.2. The zero-order chi connectivity index (χ0) is 24.0. The molecule has 172 valence electrons. The van der Waals surface area contributed by atoms with Crippen LogP contribution in [0.5, 0.6) is 0 Å². The first-order valence-electron chi connectivity index (χ1n) is 10.1. The fourth-order valence-corrected chi connectivity index (χ4v) is 4.28. The molecular formula is C23H23BrClN5O2S. The standard InChI is InChI=1S/C23H23BrClN5O2S/c1-4-11-30-21(15(3)26-22(32)17-7-5-6-8-19(17)25)28-29-23(30)33-13-20(31)27-16-9-10-18(24)14(2)12-16/h4-10,12,15H,1,11,13H2,2-3H3,(H,26,32)(H,27,31)/t15-/m1/s1. The molecule has 0 aliphatic carbocycles. The lowest BCUT2D eigenvalue weighted by Gasteiger charge is -2.15. The summed E-state index contributed by atoms with van der Waals surface area (Å²) in [7, 11) is 0. The van der Waals surface area contributed by atoms with E-state index in [2.05, 4.69) is 43.3 Å². The maximum atomic E-state index is 12.6. The number of allylic oxidation sites excluding steroid dienone is 1. The Hall–Kier alpha value is -2.62. The molecule has 1 heterocycles. The maximum absolute atomic E-state index is 12.6. The highest BCUT2D eigenvalue weighted by atomic mass is 79.9. The lowest BCUT2D eigenvalue weighted by Crippen LogP contribution is -2.29. The van der Waals surface area contributed by atoms with Crippen molar-refractivity contribution in [2.75, 3.05) is 11.1 Å². The normalized spacial score (nSPS) is 11.6. The van der Waals surface area contributed by atoms with E-state index in [-0.39, 0.29) is 17.6 Å². The van der Waals surface area contributed by atoms with Crippen molar-refractivity contribution < 1.29 is 9.59 Å². The zero-order valence-corrected chi connectivity index (χ0v) is 21.3. The summed E-state index contributed by atoms with van der Waals surface area (Å²) < 4.78 is 2.81. The van der Waals surface area contributed by atoms with Crippen molar-refractivity contribution in [3.8, 4) is 0 Å². The first-order chi connectivity index (χ1) is 15.8. The van der Waals surface area contributed by atoms with Crippen molar-refractivity contribution in [2.24, 2.45) is 0 Å². The van der Waals surface area contributed by atoms with Crippen molar-refractivity contribution in [1.82, 2.24) is 20.1 Å². The molecule has 0 saturated carbocycles. The number of carbonyl (C=O) groups is 2. The Bertz CT molecular complexity index is 1180. The number of rotatable bonds is 9. The molecule has 0 saturated heterocycles. The average Bonchev–Trinajstić information content (AvgIpc) is 3.18. The number of halogens is 2. The zero-order valence-electron chi connectivity index (χ0n) is 18.1. The van der Waals surface area contributed by atoms with Crippen LogP contribution in [0.15, 0.2) is 64.7 Å². The first kappa shape index (κ1) is 25.0. The number of thioether (sulfide) groups is 1. The second-order valence-corrected chi connectivity index (χ2v) is 9.42. The van der Waals surface area contributed by atoms with E-state index in [4.69, 9.17) is 11.6 Å². The quantitative estimate of drug-likeness (QED) is 0.276. The Morgan fingerprint density at radius 2 is 2.03 bits per heavy atom. The minimum atomic E-state index is -0.435. The van der Waals surface area contributed by atoms with Gasteiger partial charge in [-0.25, -0.2) is 0 Å². The average molecular weight is 549 g/mol. The van der Waals surface area contributed by atoms with Crippen molar-refractivity contribution in [1.29, 1.82) is 0 Å². The Morgan fingerprint density at radius 1 is 1.27 bits per heavy atom.